The minimum atomic E-state index is -0.838. The van der Waals surface area contributed by atoms with Gasteiger partial charge in [0.15, 0.2) is 0 Å². The number of ether oxygens (including phenoxy) is 1. The van der Waals surface area contributed by atoms with Gasteiger partial charge in [0.1, 0.15) is 11.8 Å². The number of benzene rings is 1. The molecule has 98 valence electrons. The molecule has 18 heavy (non-hydrogen) atoms. The first kappa shape index (κ1) is 12.9. The largest absolute Gasteiger partial charge is 0.494 e. The molecule has 1 aliphatic rings. The van der Waals surface area contributed by atoms with E-state index in [9.17, 15) is 9.90 Å². The molecule has 0 bridgehead atoms. The highest BCUT2D eigenvalue weighted by atomic mass is 16.5. The lowest BCUT2D eigenvalue weighted by Gasteiger charge is -2.29. The summed E-state index contributed by atoms with van der Waals surface area (Å²) < 4.78 is 5.56. The second-order valence-electron chi connectivity index (χ2n) is 4.75. The molecule has 0 aliphatic carbocycles. The van der Waals surface area contributed by atoms with E-state index in [1.165, 1.54) is 0 Å². The molecule has 0 fully saturated rings. The predicted octanol–water partition coefficient (Wildman–Crippen LogP) is 2.14. The molecule has 0 aromatic heterocycles. The molecule has 1 aliphatic heterocycles. The Morgan fingerprint density at radius 2 is 2.33 bits per heavy atom. The molecule has 0 radical (unpaired) electrons. The van der Waals surface area contributed by atoms with E-state index in [0.717, 1.165) is 29.7 Å². The van der Waals surface area contributed by atoms with E-state index in [1.54, 1.807) is 0 Å². The van der Waals surface area contributed by atoms with Crippen LogP contribution >= 0.6 is 0 Å². The summed E-state index contributed by atoms with van der Waals surface area (Å²) in [5, 5.41) is 12.4. The van der Waals surface area contributed by atoms with Gasteiger partial charge in [0.05, 0.1) is 6.61 Å². The van der Waals surface area contributed by atoms with Crippen LogP contribution in [0.3, 0.4) is 0 Å². The van der Waals surface area contributed by atoms with Crippen molar-refractivity contribution in [1.82, 2.24) is 5.32 Å². The summed E-state index contributed by atoms with van der Waals surface area (Å²) in [4.78, 5) is 11.3. The van der Waals surface area contributed by atoms with E-state index in [0.29, 0.717) is 6.61 Å². The van der Waals surface area contributed by atoms with E-state index in [1.807, 2.05) is 32.0 Å². The Hall–Kier alpha value is -1.55. The number of rotatable bonds is 4. The first-order valence-electron chi connectivity index (χ1n) is 6.36. The molecule has 0 saturated carbocycles. The van der Waals surface area contributed by atoms with E-state index >= 15 is 0 Å². The maximum atomic E-state index is 11.3. The van der Waals surface area contributed by atoms with Crippen LogP contribution < -0.4 is 10.1 Å². The fourth-order valence-electron chi connectivity index (χ4n) is 2.30. The summed E-state index contributed by atoms with van der Waals surface area (Å²) in [6.45, 7) is 4.70. The molecular weight excluding hydrogens is 230 g/mol. The first-order chi connectivity index (χ1) is 8.61. The molecule has 0 spiro atoms. The van der Waals surface area contributed by atoms with Gasteiger partial charge in [-0.25, -0.2) is 0 Å². The number of nitrogens with one attached hydrogen (secondary N) is 1. The van der Waals surface area contributed by atoms with Gasteiger partial charge in [0.2, 0.25) is 0 Å². The van der Waals surface area contributed by atoms with Crippen molar-refractivity contribution in [3.63, 3.8) is 0 Å². The highest BCUT2D eigenvalue weighted by Gasteiger charge is 2.29. The third-order valence-corrected chi connectivity index (χ3v) is 3.13. The second-order valence-corrected chi connectivity index (χ2v) is 4.75. The zero-order valence-electron chi connectivity index (χ0n) is 10.8. The maximum absolute atomic E-state index is 11.3. The fourth-order valence-corrected chi connectivity index (χ4v) is 2.30. The van der Waals surface area contributed by atoms with Crippen molar-refractivity contribution in [2.45, 2.75) is 38.8 Å². The van der Waals surface area contributed by atoms with Gasteiger partial charge in [-0.3, -0.25) is 10.1 Å². The standard InChI is InChI=1S/C14H19NO3/c1-3-6-18-11-5-4-10-7-9(2)15-13(14(16)17)12(10)8-11/h4-5,8-9,13,15H,3,6-7H2,1-2H3,(H,16,17). The van der Waals surface area contributed by atoms with Crippen molar-refractivity contribution in [3.8, 4) is 5.75 Å². The zero-order valence-corrected chi connectivity index (χ0v) is 10.8. The zero-order chi connectivity index (χ0) is 13.1. The van der Waals surface area contributed by atoms with Crippen molar-refractivity contribution < 1.29 is 14.6 Å². The smallest absolute Gasteiger partial charge is 0.325 e. The minimum absolute atomic E-state index is 0.181. The Kier molecular flexibility index (Phi) is 3.87. The average Bonchev–Trinajstić information content (AvgIpc) is 2.35. The lowest BCUT2D eigenvalue weighted by atomic mass is 9.90. The number of carboxylic acid groups (broad SMARTS) is 1. The van der Waals surface area contributed by atoms with Gasteiger partial charge in [-0.2, -0.15) is 0 Å². The van der Waals surface area contributed by atoms with Crippen molar-refractivity contribution in [3.05, 3.63) is 29.3 Å². The quantitative estimate of drug-likeness (QED) is 0.858. The van der Waals surface area contributed by atoms with Crippen molar-refractivity contribution in [1.29, 1.82) is 0 Å². The minimum Gasteiger partial charge on any atom is -0.494 e. The van der Waals surface area contributed by atoms with Crippen LogP contribution in [0.25, 0.3) is 0 Å². The SMILES string of the molecule is CCCOc1ccc2c(c1)C(C(=O)O)NC(C)C2. The highest BCUT2D eigenvalue weighted by molar-refractivity contribution is 5.77. The van der Waals surface area contributed by atoms with Crippen LogP contribution in [0.4, 0.5) is 0 Å². The molecular formula is C14H19NO3. The number of carboxylic acids is 1. The molecule has 2 N–H and O–H groups in total. The monoisotopic (exact) mass is 249 g/mol. The Morgan fingerprint density at radius 3 is 3.00 bits per heavy atom. The Labute approximate surface area is 107 Å². The lowest BCUT2D eigenvalue weighted by Crippen LogP contribution is -2.41. The Balaban J connectivity index is 2.30. The van der Waals surface area contributed by atoms with Crippen LogP contribution in [-0.2, 0) is 11.2 Å². The van der Waals surface area contributed by atoms with Gasteiger partial charge in [-0.05, 0) is 43.0 Å². The summed E-state index contributed by atoms with van der Waals surface area (Å²) in [6.07, 6.45) is 1.79. The fraction of sp³-hybridized carbons (Fsp3) is 0.500. The molecule has 2 atom stereocenters. The summed E-state index contributed by atoms with van der Waals surface area (Å²) in [6, 6.07) is 5.30. The van der Waals surface area contributed by atoms with Gasteiger partial charge >= 0.3 is 5.97 Å². The molecule has 0 saturated heterocycles. The van der Waals surface area contributed by atoms with Crippen molar-refractivity contribution >= 4 is 5.97 Å². The molecule has 2 unspecified atom stereocenters. The van der Waals surface area contributed by atoms with Crippen LogP contribution in [-0.4, -0.2) is 23.7 Å². The molecule has 4 heteroatoms. The number of hydrogen-bond donors (Lipinski definition) is 2. The summed E-state index contributed by atoms with van der Waals surface area (Å²) in [5.41, 5.74) is 1.92. The van der Waals surface area contributed by atoms with Crippen LogP contribution in [0.15, 0.2) is 18.2 Å². The third kappa shape index (κ3) is 2.64. The predicted molar refractivity (Wildman–Crippen MR) is 68.9 cm³/mol. The lowest BCUT2D eigenvalue weighted by molar-refractivity contribution is -0.140. The number of carbonyl (C=O) groups is 1. The van der Waals surface area contributed by atoms with E-state index in [2.05, 4.69) is 5.32 Å². The molecule has 1 heterocycles. The van der Waals surface area contributed by atoms with Crippen molar-refractivity contribution in [2.24, 2.45) is 0 Å². The maximum Gasteiger partial charge on any atom is 0.325 e. The topological polar surface area (TPSA) is 58.6 Å². The molecule has 1 aromatic carbocycles. The van der Waals surface area contributed by atoms with Crippen LogP contribution in [0.1, 0.15) is 37.4 Å². The number of hydrogen-bond acceptors (Lipinski definition) is 3. The van der Waals surface area contributed by atoms with Crippen LogP contribution in [0.2, 0.25) is 0 Å². The normalized spacial score (nSPS) is 22.3. The highest BCUT2D eigenvalue weighted by Crippen LogP contribution is 2.29. The van der Waals surface area contributed by atoms with E-state index in [4.69, 9.17) is 4.74 Å². The average molecular weight is 249 g/mol. The van der Waals surface area contributed by atoms with Gasteiger partial charge in [0, 0.05) is 6.04 Å². The molecule has 2 rings (SSSR count). The van der Waals surface area contributed by atoms with Gasteiger partial charge in [0.25, 0.3) is 0 Å². The Bertz CT molecular complexity index is 445. The second kappa shape index (κ2) is 5.40. The molecule has 1 aromatic rings. The van der Waals surface area contributed by atoms with E-state index in [-0.39, 0.29) is 6.04 Å². The Morgan fingerprint density at radius 1 is 1.56 bits per heavy atom. The molecule has 0 amide bonds. The third-order valence-electron chi connectivity index (χ3n) is 3.13. The summed E-state index contributed by atoms with van der Waals surface area (Å²) in [7, 11) is 0. The number of fused-ring (bicyclic) bond motifs is 1. The first-order valence-corrected chi connectivity index (χ1v) is 6.36. The van der Waals surface area contributed by atoms with Gasteiger partial charge in [-0.1, -0.05) is 13.0 Å². The summed E-state index contributed by atoms with van der Waals surface area (Å²) >= 11 is 0. The summed E-state index contributed by atoms with van der Waals surface area (Å²) in [5.74, 6) is -0.0892. The van der Waals surface area contributed by atoms with Crippen molar-refractivity contribution in [2.75, 3.05) is 6.61 Å². The van der Waals surface area contributed by atoms with Gasteiger partial charge in [-0.15, -0.1) is 0 Å². The van der Waals surface area contributed by atoms with Gasteiger partial charge < -0.3 is 9.84 Å². The van der Waals surface area contributed by atoms with Crippen LogP contribution in [0.5, 0.6) is 5.75 Å². The number of aliphatic carboxylic acids is 1. The molecule has 4 nitrogen and oxygen atoms in total. The van der Waals surface area contributed by atoms with E-state index < -0.39 is 12.0 Å². The van der Waals surface area contributed by atoms with Crippen LogP contribution in [0, 0.1) is 0 Å².